The van der Waals surface area contributed by atoms with Crippen LogP contribution in [0.1, 0.15) is 34.0 Å². The predicted molar refractivity (Wildman–Crippen MR) is 118 cm³/mol. The highest BCUT2D eigenvalue weighted by molar-refractivity contribution is 5.96. The van der Waals surface area contributed by atoms with Gasteiger partial charge < -0.3 is 19.5 Å². The van der Waals surface area contributed by atoms with Gasteiger partial charge in [0.25, 0.3) is 5.91 Å². The van der Waals surface area contributed by atoms with Crippen molar-refractivity contribution in [3.05, 3.63) is 64.7 Å². The Kier molecular flexibility index (Phi) is 7.88. The number of allylic oxidation sites excluding steroid dienone is 1. The maximum absolute atomic E-state index is 12.9. The van der Waals surface area contributed by atoms with E-state index in [1.807, 2.05) is 37.3 Å². The van der Waals surface area contributed by atoms with Gasteiger partial charge in [-0.2, -0.15) is 0 Å². The molecule has 0 radical (unpaired) electrons. The Labute approximate surface area is 178 Å². The number of carbonyl (C=O) groups excluding carboxylic acids is 1. The van der Waals surface area contributed by atoms with Crippen LogP contribution in [0.3, 0.4) is 0 Å². The molecule has 0 aliphatic carbocycles. The Bertz CT molecular complexity index is 889. The summed E-state index contributed by atoms with van der Waals surface area (Å²) in [6, 6.07) is 11.8. The van der Waals surface area contributed by atoms with Crippen molar-refractivity contribution < 1.29 is 19.0 Å². The fourth-order valence-corrected chi connectivity index (χ4v) is 3.59. The number of nitrogens with one attached hydrogen (secondary N) is 1. The summed E-state index contributed by atoms with van der Waals surface area (Å²) in [4.78, 5) is 15.3. The number of amides is 1. The second kappa shape index (κ2) is 10.8. The summed E-state index contributed by atoms with van der Waals surface area (Å²) >= 11 is 0. The summed E-state index contributed by atoms with van der Waals surface area (Å²) in [5.41, 5.74) is 3.68. The molecule has 0 unspecified atom stereocenters. The fourth-order valence-electron chi connectivity index (χ4n) is 3.59. The third-order valence-electron chi connectivity index (χ3n) is 5.17. The molecule has 1 N–H and O–H groups in total. The predicted octanol–water partition coefficient (Wildman–Crippen LogP) is 3.50. The normalized spacial score (nSPS) is 14.6. The standard InChI is InChI=1S/C24H30N2O4/c1-4-7-18-14-21(15-22(28-2)23(18)29-3)24(27)25-16-19-8-5-6-9-20(19)17-26-10-12-30-13-11-26/h4-9,14-15H,10-13,16-17H2,1-3H3,(H,25,27). The van der Waals surface area contributed by atoms with E-state index in [-0.39, 0.29) is 5.91 Å². The Morgan fingerprint density at radius 3 is 2.53 bits per heavy atom. The summed E-state index contributed by atoms with van der Waals surface area (Å²) in [5.74, 6) is 0.997. The molecule has 2 aromatic rings. The van der Waals surface area contributed by atoms with Crippen LogP contribution >= 0.6 is 0 Å². The molecule has 160 valence electrons. The zero-order valence-electron chi connectivity index (χ0n) is 17.9. The molecule has 0 atom stereocenters. The van der Waals surface area contributed by atoms with Gasteiger partial charge in [-0.15, -0.1) is 0 Å². The van der Waals surface area contributed by atoms with Crippen molar-refractivity contribution in [2.24, 2.45) is 0 Å². The van der Waals surface area contributed by atoms with Crippen molar-refractivity contribution in [3.8, 4) is 11.5 Å². The number of hydrogen-bond donors (Lipinski definition) is 1. The van der Waals surface area contributed by atoms with Gasteiger partial charge in [0.1, 0.15) is 0 Å². The molecule has 1 amide bonds. The van der Waals surface area contributed by atoms with Crippen molar-refractivity contribution in [3.63, 3.8) is 0 Å². The number of hydrogen-bond acceptors (Lipinski definition) is 5. The van der Waals surface area contributed by atoms with Crippen molar-refractivity contribution >= 4 is 12.0 Å². The first-order chi connectivity index (χ1) is 14.7. The molecule has 0 spiro atoms. The van der Waals surface area contributed by atoms with E-state index in [0.717, 1.165) is 44.0 Å². The van der Waals surface area contributed by atoms with Crippen molar-refractivity contribution in [1.82, 2.24) is 10.2 Å². The maximum atomic E-state index is 12.9. The van der Waals surface area contributed by atoms with E-state index in [2.05, 4.69) is 22.3 Å². The zero-order valence-corrected chi connectivity index (χ0v) is 17.9. The molecule has 0 bridgehead atoms. The number of ether oxygens (including phenoxy) is 3. The summed E-state index contributed by atoms with van der Waals surface area (Å²) in [7, 11) is 3.16. The highest BCUT2D eigenvalue weighted by Crippen LogP contribution is 2.33. The Morgan fingerprint density at radius 1 is 1.13 bits per heavy atom. The van der Waals surface area contributed by atoms with Gasteiger partial charge in [0.15, 0.2) is 11.5 Å². The molecule has 6 nitrogen and oxygen atoms in total. The van der Waals surface area contributed by atoms with Crippen LogP contribution in [0.4, 0.5) is 0 Å². The lowest BCUT2D eigenvalue weighted by Gasteiger charge is -2.27. The van der Waals surface area contributed by atoms with Crippen LogP contribution < -0.4 is 14.8 Å². The van der Waals surface area contributed by atoms with Gasteiger partial charge in [0, 0.05) is 37.3 Å². The van der Waals surface area contributed by atoms with Gasteiger partial charge in [-0.05, 0) is 30.2 Å². The van der Waals surface area contributed by atoms with Crippen molar-refractivity contribution in [2.75, 3.05) is 40.5 Å². The van der Waals surface area contributed by atoms with Crippen molar-refractivity contribution in [1.29, 1.82) is 0 Å². The van der Waals surface area contributed by atoms with E-state index in [1.165, 1.54) is 5.56 Å². The topological polar surface area (TPSA) is 60.0 Å². The molecule has 0 saturated carbocycles. The molecule has 6 heteroatoms. The minimum Gasteiger partial charge on any atom is -0.493 e. The summed E-state index contributed by atoms with van der Waals surface area (Å²) in [6.07, 6.45) is 3.80. The minimum atomic E-state index is -0.150. The summed E-state index contributed by atoms with van der Waals surface area (Å²) < 4.78 is 16.3. The zero-order chi connectivity index (χ0) is 21.3. The van der Waals surface area contributed by atoms with E-state index < -0.39 is 0 Å². The average molecular weight is 411 g/mol. The number of rotatable bonds is 8. The van der Waals surface area contributed by atoms with Crippen LogP contribution in [0, 0.1) is 0 Å². The molecule has 1 saturated heterocycles. The van der Waals surface area contributed by atoms with Gasteiger partial charge in [0.2, 0.25) is 0 Å². The van der Waals surface area contributed by atoms with Crippen LogP contribution in [0.5, 0.6) is 11.5 Å². The van der Waals surface area contributed by atoms with Crippen LogP contribution in [0.15, 0.2) is 42.5 Å². The van der Waals surface area contributed by atoms with Gasteiger partial charge in [-0.1, -0.05) is 36.4 Å². The number of nitrogens with zero attached hydrogens (tertiary/aromatic N) is 1. The Balaban J connectivity index is 1.73. The highest BCUT2D eigenvalue weighted by Gasteiger charge is 2.16. The highest BCUT2D eigenvalue weighted by atomic mass is 16.5. The van der Waals surface area contributed by atoms with Crippen LogP contribution in [-0.4, -0.2) is 51.3 Å². The van der Waals surface area contributed by atoms with E-state index >= 15 is 0 Å². The Hall–Kier alpha value is -2.83. The van der Waals surface area contributed by atoms with E-state index in [1.54, 1.807) is 20.3 Å². The lowest BCUT2D eigenvalue weighted by molar-refractivity contribution is 0.0340. The molecule has 1 aliphatic rings. The SMILES string of the molecule is CC=Cc1cc(C(=O)NCc2ccccc2CN2CCOCC2)cc(OC)c1OC. The first-order valence-corrected chi connectivity index (χ1v) is 10.2. The number of methoxy groups -OCH3 is 2. The Morgan fingerprint density at radius 2 is 1.87 bits per heavy atom. The maximum Gasteiger partial charge on any atom is 0.251 e. The van der Waals surface area contributed by atoms with Crippen LogP contribution in [-0.2, 0) is 17.8 Å². The van der Waals surface area contributed by atoms with E-state index in [4.69, 9.17) is 14.2 Å². The summed E-state index contributed by atoms with van der Waals surface area (Å²) in [5, 5.41) is 3.05. The second-order valence-corrected chi connectivity index (χ2v) is 7.14. The van der Waals surface area contributed by atoms with Crippen LogP contribution in [0.2, 0.25) is 0 Å². The molecular formula is C24H30N2O4. The number of benzene rings is 2. The largest absolute Gasteiger partial charge is 0.493 e. The molecule has 1 aliphatic heterocycles. The fraction of sp³-hybridized carbons (Fsp3) is 0.375. The quantitative estimate of drug-likeness (QED) is 0.722. The van der Waals surface area contributed by atoms with E-state index in [9.17, 15) is 4.79 Å². The monoisotopic (exact) mass is 410 g/mol. The lowest BCUT2D eigenvalue weighted by Crippen LogP contribution is -2.36. The van der Waals surface area contributed by atoms with Gasteiger partial charge in [-0.3, -0.25) is 9.69 Å². The minimum absolute atomic E-state index is 0.150. The van der Waals surface area contributed by atoms with Gasteiger partial charge in [0.05, 0.1) is 27.4 Å². The van der Waals surface area contributed by atoms with Crippen LogP contribution in [0.25, 0.3) is 6.08 Å². The molecule has 1 heterocycles. The second-order valence-electron chi connectivity index (χ2n) is 7.14. The molecule has 2 aromatic carbocycles. The van der Waals surface area contributed by atoms with Gasteiger partial charge >= 0.3 is 0 Å². The molecule has 1 fully saturated rings. The molecule has 3 rings (SSSR count). The third-order valence-corrected chi connectivity index (χ3v) is 5.17. The third kappa shape index (κ3) is 5.40. The summed E-state index contributed by atoms with van der Waals surface area (Å²) in [6.45, 7) is 6.65. The molecule has 0 aromatic heterocycles. The molecular weight excluding hydrogens is 380 g/mol. The average Bonchev–Trinajstić information content (AvgIpc) is 2.78. The van der Waals surface area contributed by atoms with E-state index in [0.29, 0.717) is 23.6 Å². The first kappa shape index (κ1) is 21.9. The lowest BCUT2D eigenvalue weighted by atomic mass is 10.1. The number of carbonyl (C=O) groups is 1. The smallest absolute Gasteiger partial charge is 0.251 e. The molecule has 30 heavy (non-hydrogen) atoms. The van der Waals surface area contributed by atoms with Gasteiger partial charge in [-0.25, -0.2) is 0 Å². The van der Waals surface area contributed by atoms with Crippen molar-refractivity contribution in [2.45, 2.75) is 20.0 Å². The first-order valence-electron chi connectivity index (χ1n) is 10.2. The number of morpholine rings is 1.